The Hall–Kier alpha value is -3.46. The van der Waals surface area contributed by atoms with Crippen molar-refractivity contribution < 1.29 is 9.94 Å². The highest BCUT2D eigenvalue weighted by molar-refractivity contribution is 5.97. The Balaban J connectivity index is 1.65. The molecule has 9 heteroatoms. The Labute approximate surface area is 154 Å². The predicted molar refractivity (Wildman–Crippen MR) is 99.2 cm³/mol. The minimum absolute atomic E-state index is 0.0978. The minimum Gasteiger partial charge on any atom is -0.393 e. The van der Waals surface area contributed by atoms with Gasteiger partial charge in [-0.1, -0.05) is 22.5 Å². The van der Waals surface area contributed by atoms with E-state index < -0.39 is 0 Å². The fourth-order valence-corrected chi connectivity index (χ4v) is 2.66. The Bertz CT molecular complexity index is 1120. The number of fused-ring (bicyclic) bond motifs is 2. The first-order chi connectivity index (χ1) is 13.2. The second-order valence-electron chi connectivity index (χ2n) is 5.91. The number of nitrogens with zero attached hydrogens (tertiary/aromatic N) is 7. The number of aromatic nitrogens is 6. The highest BCUT2D eigenvalue weighted by Gasteiger charge is 2.11. The van der Waals surface area contributed by atoms with Gasteiger partial charge in [0, 0.05) is 11.6 Å². The van der Waals surface area contributed by atoms with Gasteiger partial charge in [0.25, 0.3) is 0 Å². The van der Waals surface area contributed by atoms with E-state index in [1.165, 1.54) is 0 Å². The lowest BCUT2D eigenvalue weighted by molar-refractivity contribution is 0.0986. The van der Waals surface area contributed by atoms with Crippen molar-refractivity contribution in [2.75, 3.05) is 13.2 Å². The number of hydrogen-bond donors (Lipinski definition) is 1. The molecule has 3 aromatic heterocycles. The molecule has 0 amide bonds. The number of aliphatic hydroxyl groups excluding tert-OH is 1. The Morgan fingerprint density at radius 2 is 2.19 bits per heavy atom. The van der Waals surface area contributed by atoms with Crippen LogP contribution in [0.25, 0.3) is 22.2 Å². The quantitative estimate of drug-likeness (QED) is 0.314. The van der Waals surface area contributed by atoms with Crippen LogP contribution in [-0.2, 0) is 11.4 Å². The van der Waals surface area contributed by atoms with Crippen LogP contribution < -0.4 is 0 Å². The van der Waals surface area contributed by atoms with Crippen LogP contribution in [0.3, 0.4) is 0 Å². The molecule has 0 saturated heterocycles. The number of hydrogen-bond acceptors (Lipinski definition) is 8. The molecular formula is C18H17N7O2. The summed E-state index contributed by atoms with van der Waals surface area (Å²) in [6, 6.07) is 10.00. The van der Waals surface area contributed by atoms with E-state index in [-0.39, 0.29) is 13.2 Å². The van der Waals surface area contributed by atoms with Gasteiger partial charge in [0.1, 0.15) is 18.0 Å². The fraction of sp³-hybridized carbons (Fsp3) is 0.222. The molecule has 0 unspecified atom stereocenters. The molecule has 0 aliphatic carbocycles. The standard InChI is InChI=1S/C18H17N7O2/c1-12(23-27-8-7-26)16-10-20-17-18(21-16)25(24-22-17)11-13-4-5-15-14(9-13)3-2-6-19-15/h2-6,9-10,26H,7-8,11H2,1H3/b23-12+. The van der Waals surface area contributed by atoms with E-state index in [2.05, 4.69) is 36.5 Å². The molecule has 136 valence electrons. The summed E-state index contributed by atoms with van der Waals surface area (Å²) < 4.78 is 1.70. The van der Waals surface area contributed by atoms with Gasteiger partial charge in [-0.2, -0.15) is 0 Å². The summed E-state index contributed by atoms with van der Waals surface area (Å²) >= 11 is 0. The van der Waals surface area contributed by atoms with Gasteiger partial charge in [-0.3, -0.25) is 4.98 Å². The second kappa shape index (κ2) is 7.42. The molecule has 0 spiro atoms. The second-order valence-corrected chi connectivity index (χ2v) is 5.91. The van der Waals surface area contributed by atoms with Crippen LogP contribution in [0, 0.1) is 0 Å². The van der Waals surface area contributed by atoms with Crippen molar-refractivity contribution in [3.63, 3.8) is 0 Å². The van der Waals surface area contributed by atoms with E-state index in [0.717, 1.165) is 16.5 Å². The van der Waals surface area contributed by atoms with E-state index in [1.807, 2.05) is 24.3 Å². The Kier molecular flexibility index (Phi) is 4.67. The van der Waals surface area contributed by atoms with Crippen molar-refractivity contribution >= 4 is 27.9 Å². The van der Waals surface area contributed by atoms with Gasteiger partial charge in [-0.15, -0.1) is 5.10 Å². The highest BCUT2D eigenvalue weighted by atomic mass is 16.6. The maximum Gasteiger partial charge on any atom is 0.221 e. The molecule has 4 rings (SSSR count). The van der Waals surface area contributed by atoms with Crippen molar-refractivity contribution in [2.24, 2.45) is 5.16 Å². The van der Waals surface area contributed by atoms with Crippen LogP contribution in [0.1, 0.15) is 18.2 Å². The number of oxime groups is 1. The average molecular weight is 363 g/mol. The summed E-state index contributed by atoms with van der Waals surface area (Å²) in [6.45, 7) is 2.30. The number of aliphatic hydroxyl groups is 1. The van der Waals surface area contributed by atoms with Crippen LogP contribution in [0.2, 0.25) is 0 Å². The average Bonchev–Trinajstić information content (AvgIpc) is 3.10. The fourth-order valence-electron chi connectivity index (χ4n) is 2.66. The lowest BCUT2D eigenvalue weighted by Crippen LogP contribution is -2.07. The molecule has 0 fully saturated rings. The molecule has 9 nitrogen and oxygen atoms in total. The van der Waals surface area contributed by atoms with E-state index in [4.69, 9.17) is 9.94 Å². The third-order valence-corrected chi connectivity index (χ3v) is 3.98. The molecule has 0 aliphatic heterocycles. The van der Waals surface area contributed by atoms with Crippen molar-refractivity contribution in [3.8, 4) is 0 Å². The summed E-state index contributed by atoms with van der Waals surface area (Å²) in [6.07, 6.45) is 3.35. The topological polar surface area (TPSA) is 111 Å². The normalized spacial score (nSPS) is 12.0. The van der Waals surface area contributed by atoms with E-state index in [9.17, 15) is 0 Å². The van der Waals surface area contributed by atoms with Gasteiger partial charge in [0.2, 0.25) is 5.65 Å². The number of pyridine rings is 1. The first-order valence-corrected chi connectivity index (χ1v) is 8.42. The first-order valence-electron chi connectivity index (χ1n) is 8.42. The van der Waals surface area contributed by atoms with Crippen molar-refractivity contribution in [3.05, 3.63) is 54.0 Å². The van der Waals surface area contributed by atoms with Gasteiger partial charge in [0.05, 0.1) is 24.9 Å². The molecule has 0 radical (unpaired) electrons. The lowest BCUT2D eigenvalue weighted by atomic mass is 10.1. The zero-order valence-electron chi connectivity index (χ0n) is 14.6. The van der Waals surface area contributed by atoms with Crippen LogP contribution >= 0.6 is 0 Å². The summed E-state index contributed by atoms with van der Waals surface area (Å²) in [5.74, 6) is 0. The van der Waals surface area contributed by atoms with E-state index >= 15 is 0 Å². The molecule has 3 heterocycles. The van der Waals surface area contributed by atoms with Gasteiger partial charge < -0.3 is 9.94 Å². The van der Waals surface area contributed by atoms with E-state index in [0.29, 0.717) is 29.2 Å². The molecular weight excluding hydrogens is 346 g/mol. The Morgan fingerprint density at radius 3 is 3.07 bits per heavy atom. The van der Waals surface area contributed by atoms with Gasteiger partial charge in [-0.25, -0.2) is 14.6 Å². The zero-order valence-corrected chi connectivity index (χ0v) is 14.6. The number of benzene rings is 1. The zero-order chi connectivity index (χ0) is 18.6. The number of rotatable bonds is 6. The molecule has 0 bridgehead atoms. The summed E-state index contributed by atoms with van der Waals surface area (Å²) in [5, 5.41) is 22.0. The van der Waals surface area contributed by atoms with Crippen LogP contribution in [-0.4, -0.2) is 54.0 Å². The van der Waals surface area contributed by atoms with Crippen LogP contribution in [0.15, 0.2) is 47.9 Å². The first kappa shape index (κ1) is 17.0. The monoisotopic (exact) mass is 363 g/mol. The molecule has 0 saturated carbocycles. The SMILES string of the molecule is C/C(=N\OCCO)c1cnc2nnn(Cc3ccc4ncccc4c3)c2n1. The third kappa shape index (κ3) is 3.58. The van der Waals surface area contributed by atoms with Gasteiger partial charge in [-0.05, 0) is 30.7 Å². The van der Waals surface area contributed by atoms with Crippen molar-refractivity contribution in [1.82, 2.24) is 29.9 Å². The largest absolute Gasteiger partial charge is 0.393 e. The summed E-state index contributed by atoms with van der Waals surface area (Å²) in [7, 11) is 0. The van der Waals surface area contributed by atoms with Crippen LogP contribution in [0.5, 0.6) is 0 Å². The summed E-state index contributed by atoms with van der Waals surface area (Å²) in [4.78, 5) is 18.2. The molecule has 0 aliphatic rings. The lowest BCUT2D eigenvalue weighted by Gasteiger charge is -2.05. The third-order valence-electron chi connectivity index (χ3n) is 3.98. The highest BCUT2D eigenvalue weighted by Crippen LogP contribution is 2.15. The van der Waals surface area contributed by atoms with Gasteiger partial charge in [0.15, 0.2) is 5.65 Å². The maximum atomic E-state index is 8.76. The van der Waals surface area contributed by atoms with E-state index in [1.54, 1.807) is 24.0 Å². The molecule has 4 aromatic rings. The van der Waals surface area contributed by atoms with Crippen molar-refractivity contribution in [2.45, 2.75) is 13.5 Å². The minimum atomic E-state index is -0.0978. The molecule has 1 aromatic carbocycles. The molecule has 1 N–H and O–H groups in total. The molecule has 27 heavy (non-hydrogen) atoms. The predicted octanol–water partition coefficient (Wildman–Crippen LogP) is 1.55. The van der Waals surface area contributed by atoms with Gasteiger partial charge >= 0.3 is 0 Å². The maximum absolute atomic E-state index is 8.76. The smallest absolute Gasteiger partial charge is 0.221 e. The molecule has 0 atom stereocenters. The van der Waals surface area contributed by atoms with Crippen molar-refractivity contribution in [1.29, 1.82) is 0 Å². The van der Waals surface area contributed by atoms with Crippen LogP contribution in [0.4, 0.5) is 0 Å². The summed E-state index contributed by atoms with van der Waals surface area (Å²) in [5.41, 5.74) is 4.16. The Morgan fingerprint density at radius 1 is 1.26 bits per heavy atom.